The quantitative estimate of drug-likeness (QED) is 0.740. The Hall–Kier alpha value is -1.08. The van der Waals surface area contributed by atoms with Crippen molar-refractivity contribution in [1.82, 2.24) is 5.32 Å². The molecule has 0 aliphatic carbocycles. The highest BCUT2D eigenvalue weighted by Gasteiger charge is 1.97. The molecule has 1 rings (SSSR count). The summed E-state index contributed by atoms with van der Waals surface area (Å²) >= 11 is 0. The lowest BCUT2D eigenvalue weighted by atomic mass is 10.0. The van der Waals surface area contributed by atoms with Crippen LogP contribution in [0.1, 0.15) is 30.0 Å². The van der Waals surface area contributed by atoms with Gasteiger partial charge in [-0.25, -0.2) is 0 Å². The lowest BCUT2D eigenvalue weighted by molar-refractivity contribution is 0.808. The smallest absolute Gasteiger partial charge is 0.00171 e. The Bertz CT molecular complexity index is 330. The van der Waals surface area contributed by atoms with Crippen LogP contribution in [0, 0.1) is 13.8 Å². The summed E-state index contributed by atoms with van der Waals surface area (Å²) in [6, 6.07) is 6.71. The molecule has 0 aromatic heterocycles. The first-order chi connectivity index (χ1) is 7.13. The molecule has 15 heavy (non-hydrogen) atoms. The van der Waals surface area contributed by atoms with Gasteiger partial charge in [0.05, 0.1) is 0 Å². The Morgan fingerprint density at radius 1 is 1.20 bits per heavy atom. The molecule has 1 N–H and O–H groups in total. The lowest BCUT2D eigenvalue weighted by Gasteiger charge is -2.05. The van der Waals surface area contributed by atoms with E-state index in [1.165, 1.54) is 22.3 Å². The van der Waals surface area contributed by atoms with E-state index in [0.717, 1.165) is 13.0 Å². The van der Waals surface area contributed by atoms with Gasteiger partial charge in [-0.1, -0.05) is 35.4 Å². The van der Waals surface area contributed by atoms with Crippen molar-refractivity contribution in [2.75, 3.05) is 13.6 Å². The Kier molecular flexibility index (Phi) is 4.57. The van der Waals surface area contributed by atoms with Gasteiger partial charge in [-0.3, -0.25) is 0 Å². The predicted molar refractivity (Wildman–Crippen MR) is 68.1 cm³/mol. The van der Waals surface area contributed by atoms with Gasteiger partial charge in [0, 0.05) is 0 Å². The molecule has 0 aliphatic heterocycles. The summed E-state index contributed by atoms with van der Waals surface area (Å²) in [7, 11) is 1.99. The van der Waals surface area contributed by atoms with E-state index in [1.54, 1.807) is 0 Å². The maximum atomic E-state index is 3.15. The van der Waals surface area contributed by atoms with Crippen LogP contribution in [0.25, 0.3) is 5.57 Å². The van der Waals surface area contributed by atoms with Crippen molar-refractivity contribution < 1.29 is 0 Å². The van der Waals surface area contributed by atoms with Gasteiger partial charge in [-0.2, -0.15) is 0 Å². The fourth-order valence-electron chi connectivity index (χ4n) is 1.75. The summed E-state index contributed by atoms with van der Waals surface area (Å²) in [5.41, 5.74) is 5.40. The zero-order valence-electron chi connectivity index (χ0n) is 10.2. The summed E-state index contributed by atoms with van der Waals surface area (Å²) in [6.45, 7) is 7.53. The van der Waals surface area contributed by atoms with Crippen LogP contribution in [0.3, 0.4) is 0 Å². The van der Waals surface area contributed by atoms with Crippen molar-refractivity contribution in [3.63, 3.8) is 0 Å². The van der Waals surface area contributed by atoms with Crippen molar-refractivity contribution >= 4 is 5.57 Å². The van der Waals surface area contributed by atoms with Crippen LogP contribution in [-0.2, 0) is 0 Å². The minimum Gasteiger partial charge on any atom is -0.319 e. The molecule has 0 fully saturated rings. The molecule has 0 aliphatic rings. The summed E-state index contributed by atoms with van der Waals surface area (Å²) < 4.78 is 0. The number of rotatable bonds is 4. The van der Waals surface area contributed by atoms with Crippen molar-refractivity contribution in [2.45, 2.75) is 27.2 Å². The fraction of sp³-hybridized carbons (Fsp3) is 0.429. The molecule has 1 heteroatoms. The first kappa shape index (κ1) is 12.0. The SMILES string of the molecule is CNCCC=C(C)c1cc(C)cc(C)c1. The third-order valence-corrected chi connectivity index (χ3v) is 2.52. The van der Waals surface area contributed by atoms with Crippen LogP contribution >= 0.6 is 0 Å². The van der Waals surface area contributed by atoms with Crippen LogP contribution in [-0.4, -0.2) is 13.6 Å². The largest absolute Gasteiger partial charge is 0.319 e. The minimum atomic E-state index is 1.04. The van der Waals surface area contributed by atoms with E-state index in [4.69, 9.17) is 0 Å². The van der Waals surface area contributed by atoms with Crippen molar-refractivity contribution in [2.24, 2.45) is 0 Å². The van der Waals surface area contributed by atoms with Gasteiger partial charge >= 0.3 is 0 Å². The molecule has 1 nitrogen and oxygen atoms in total. The average Bonchev–Trinajstić information content (AvgIpc) is 2.16. The van der Waals surface area contributed by atoms with Crippen LogP contribution < -0.4 is 5.32 Å². The summed E-state index contributed by atoms with van der Waals surface area (Å²) in [6.07, 6.45) is 3.39. The molecule has 82 valence electrons. The molecule has 0 saturated carbocycles. The Morgan fingerprint density at radius 2 is 1.80 bits per heavy atom. The first-order valence-corrected chi connectivity index (χ1v) is 5.53. The summed E-state index contributed by atoms with van der Waals surface area (Å²) in [5.74, 6) is 0. The molecule has 1 aromatic carbocycles. The molecular formula is C14H21N. The third kappa shape index (κ3) is 3.88. The van der Waals surface area contributed by atoms with E-state index in [0.29, 0.717) is 0 Å². The van der Waals surface area contributed by atoms with E-state index in [9.17, 15) is 0 Å². The monoisotopic (exact) mass is 203 g/mol. The molecule has 0 amide bonds. The van der Waals surface area contributed by atoms with Gasteiger partial charge in [-0.15, -0.1) is 0 Å². The van der Waals surface area contributed by atoms with Crippen molar-refractivity contribution in [1.29, 1.82) is 0 Å². The van der Waals surface area contributed by atoms with Gasteiger partial charge in [-0.05, 0) is 51.9 Å². The molecular weight excluding hydrogens is 182 g/mol. The number of allylic oxidation sites excluding steroid dienone is 1. The number of hydrogen-bond acceptors (Lipinski definition) is 1. The lowest BCUT2D eigenvalue weighted by Crippen LogP contribution is -2.05. The van der Waals surface area contributed by atoms with E-state index < -0.39 is 0 Å². The average molecular weight is 203 g/mol. The Labute approximate surface area is 93.2 Å². The van der Waals surface area contributed by atoms with E-state index >= 15 is 0 Å². The highest BCUT2D eigenvalue weighted by molar-refractivity contribution is 5.64. The van der Waals surface area contributed by atoms with Crippen LogP contribution in [0.15, 0.2) is 24.3 Å². The van der Waals surface area contributed by atoms with Crippen LogP contribution in [0.5, 0.6) is 0 Å². The number of nitrogens with one attached hydrogen (secondary N) is 1. The fourth-order valence-corrected chi connectivity index (χ4v) is 1.75. The third-order valence-electron chi connectivity index (χ3n) is 2.52. The highest BCUT2D eigenvalue weighted by atomic mass is 14.8. The van der Waals surface area contributed by atoms with Gasteiger partial charge in [0.15, 0.2) is 0 Å². The van der Waals surface area contributed by atoms with Gasteiger partial charge in [0.25, 0.3) is 0 Å². The van der Waals surface area contributed by atoms with Crippen molar-refractivity contribution in [3.8, 4) is 0 Å². The molecule has 1 aromatic rings. The second kappa shape index (κ2) is 5.72. The molecule has 0 spiro atoms. The maximum absolute atomic E-state index is 3.15. The first-order valence-electron chi connectivity index (χ1n) is 5.53. The molecule has 0 bridgehead atoms. The van der Waals surface area contributed by atoms with Crippen LogP contribution in [0.4, 0.5) is 0 Å². The van der Waals surface area contributed by atoms with Gasteiger partial charge in [0.2, 0.25) is 0 Å². The molecule has 0 unspecified atom stereocenters. The maximum Gasteiger partial charge on any atom is -0.00171 e. The number of benzene rings is 1. The minimum absolute atomic E-state index is 1.04. The highest BCUT2D eigenvalue weighted by Crippen LogP contribution is 2.17. The van der Waals surface area contributed by atoms with E-state index in [-0.39, 0.29) is 0 Å². The second-order valence-electron chi connectivity index (χ2n) is 4.16. The molecule has 0 saturated heterocycles. The van der Waals surface area contributed by atoms with E-state index in [2.05, 4.69) is 50.4 Å². The number of aryl methyl sites for hydroxylation is 2. The zero-order chi connectivity index (χ0) is 11.3. The number of hydrogen-bond donors (Lipinski definition) is 1. The molecule has 0 heterocycles. The topological polar surface area (TPSA) is 12.0 Å². The van der Waals surface area contributed by atoms with Crippen LogP contribution in [0.2, 0.25) is 0 Å². The zero-order valence-corrected chi connectivity index (χ0v) is 10.2. The Morgan fingerprint density at radius 3 is 2.33 bits per heavy atom. The summed E-state index contributed by atoms with van der Waals surface area (Å²) in [4.78, 5) is 0. The normalized spacial score (nSPS) is 11.9. The standard InChI is InChI=1S/C14H21N/c1-11-8-12(2)10-14(9-11)13(3)6-5-7-15-4/h6,8-10,15H,5,7H2,1-4H3. The predicted octanol–water partition coefficient (Wildman–Crippen LogP) is 3.32. The van der Waals surface area contributed by atoms with Gasteiger partial charge in [0.1, 0.15) is 0 Å². The Balaban J connectivity index is 2.81. The second-order valence-corrected chi connectivity index (χ2v) is 4.16. The van der Waals surface area contributed by atoms with E-state index in [1.807, 2.05) is 7.05 Å². The molecule has 0 radical (unpaired) electrons. The van der Waals surface area contributed by atoms with Gasteiger partial charge < -0.3 is 5.32 Å². The summed E-state index contributed by atoms with van der Waals surface area (Å²) in [5, 5.41) is 3.15. The molecule has 0 atom stereocenters. The van der Waals surface area contributed by atoms with Crippen molar-refractivity contribution in [3.05, 3.63) is 41.0 Å².